The smallest absolute Gasteiger partial charge is 0.0641 e. The first-order valence-corrected chi connectivity index (χ1v) is 12.8. The van der Waals surface area contributed by atoms with E-state index < -0.39 is 0 Å². The maximum Gasteiger partial charge on any atom is 0.0641 e. The average molecular weight is 379 g/mol. The zero-order valence-electron chi connectivity index (χ0n) is 18.1. The summed E-state index contributed by atoms with van der Waals surface area (Å²) >= 11 is 0. The lowest BCUT2D eigenvalue weighted by molar-refractivity contribution is -0.138. The molecule has 0 saturated heterocycles. The van der Waals surface area contributed by atoms with E-state index in [9.17, 15) is 0 Å². The molecule has 8 bridgehead atoms. The molecule has 0 aliphatic heterocycles. The van der Waals surface area contributed by atoms with Gasteiger partial charge in [0.1, 0.15) is 0 Å². The minimum absolute atomic E-state index is 0.0219. The third-order valence-electron chi connectivity index (χ3n) is 12.2. The first-order valence-electron chi connectivity index (χ1n) is 12.8. The van der Waals surface area contributed by atoms with Crippen molar-refractivity contribution in [2.24, 2.45) is 88.8 Å². The fourth-order valence-corrected chi connectivity index (χ4v) is 12.4. The van der Waals surface area contributed by atoms with Crippen molar-refractivity contribution in [3.8, 4) is 0 Å². The number of hydrogen-bond acceptors (Lipinski definition) is 1. The van der Waals surface area contributed by atoms with E-state index in [-0.39, 0.29) is 5.60 Å². The topological polar surface area (TPSA) is 9.23 Å². The normalized spacial score (nSPS) is 68.9. The maximum absolute atomic E-state index is 6.73. The molecule has 0 aromatic carbocycles. The second-order valence-electron chi connectivity index (χ2n) is 13.7. The summed E-state index contributed by atoms with van der Waals surface area (Å²) < 4.78 is 6.73. The van der Waals surface area contributed by atoms with Gasteiger partial charge in [0, 0.05) is 0 Å². The van der Waals surface area contributed by atoms with Crippen molar-refractivity contribution in [3.63, 3.8) is 0 Å². The van der Waals surface area contributed by atoms with Crippen LogP contribution in [-0.4, -0.2) is 11.7 Å². The highest BCUT2D eigenvalue weighted by atomic mass is 16.5. The predicted molar refractivity (Wildman–Crippen MR) is 110 cm³/mol. The molecule has 0 aromatic rings. The molecule has 152 valence electrons. The second-order valence-corrected chi connectivity index (χ2v) is 13.7. The Kier molecular flexibility index (Phi) is 2.80. The van der Waals surface area contributed by atoms with Crippen molar-refractivity contribution >= 4 is 0 Å². The summed E-state index contributed by atoms with van der Waals surface area (Å²) in [5, 5.41) is 0. The molecule has 28 heavy (non-hydrogen) atoms. The highest BCUT2D eigenvalue weighted by Gasteiger charge is 2.76. The molecule has 1 heteroatoms. The van der Waals surface area contributed by atoms with Crippen LogP contribution < -0.4 is 0 Å². The average Bonchev–Trinajstić information content (AvgIpc) is 3.43. The third kappa shape index (κ3) is 1.64. The first kappa shape index (κ1) is 16.4. The Hall–Kier alpha value is -0.300. The van der Waals surface area contributed by atoms with Gasteiger partial charge in [-0.2, -0.15) is 0 Å². The van der Waals surface area contributed by atoms with E-state index in [0.717, 1.165) is 88.8 Å². The van der Waals surface area contributed by atoms with E-state index in [4.69, 9.17) is 4.74 Å². The summed E-state index contributed by atoms with van der Waals surface area (Å²) in [5.74, 6) is 15.8. The number of ether oxygens (including phenoxy) is 1. The van der Waals surface area contributed by atoms with Crippen molar-refractivity contribution in [2.75, 3.05) is 0 Å². The Bertz CT molecular complexity index is 761. The lowest BCUT2D eigenvalue weighted by Gasteiger charge is -2.52. The Morgan fingerprint density at radius 1 is 0.607 bits per heavy atom. The van der Waals surface area contributed by atoms with Crippen LogP contribution in [-0.2, 0) is 4.74 Å². The number of rotatable bonds is 1. The molecule has 1 nitrogen and oxygen atoms in total. The van der Waals surface area contributed by atoms with E-state index in [2.05, 4.69) is 39.8 Å². The summed E-state index contributed by atoms with van der Waals surface area (Å²) in [5.41, 5.74) is 0.0219. The lowest BCUT2D eigenvalue weighted by Crippen LogP contribution is -2.50. The molecular weight excluding hydrogens is 340 g/mol. The summed E-state index contributed by atoms with van der Waals surface area (Å²) in [7, 11) is 0. The van der Waals surface area contributed by atoms with E-state index in [0.29, 0.717) is 6.10 Å². The molecule has 7 fully saturated rings. The molecule has 16 unspecified atom stereocenters. The van der Waals surface area contributed by atoms with Crippen molar-refractivity contribution in [3.05, 3.63) is 12.2 Å². The highest BCUT2D eigenvalue weighted by Crippen LogP contribution is 2.81. The van der Waals surface area contributed by atoms with Gasteiger partial charge in [-0.3, -0.25) is 0 Å². The van der Waals surface area contributed by atoms with E-state index >= 15 is 0 Å². The van der Waals surface area contributed by atoms with Gasteiger partial charge in [-0.15, -0.1) is 0 Å². The van der Waals surface area contributed by atoms with E-state index in [1.165, 1.54) is 12.8 Å². The van der Waals surface area contributed by atoms with Crippen LogP contribution in [0.2, 0.25) is 0 Å². The van der Waals surface area contributed by atoms with Crippen LogP contribution in [0.4, 0.5) is 0 Å². The summed E-state index contributed by atoms with van der Waals surface area (Å²) in [4.78, 5) is 0. The fourth-order valence-electron chi connectivity index (χ4n) is 12.4. The van der Waals surface area contributed by atoms with Crippen molar-refractivity contribution in [2.45, 2.75) is 65.1 Å². The van der Waals surface area contributed by atoms with Gasteiger partial charge in [0.2, 0.25) is 0 Å². The van der Waals surface area contributed by atoms with Crippen LogP contribution in [0.1, 0.15) is 53.4 Å². The van der Waals surface area contributed by atoms with Gasteiger partial charge in [-0.05, 0) is 135 Å². The van der Waals surface area contributed by atoms with Crippen molar-refractivity contribution in [1.82, 2.24) is 0 Å². The van der Waals surface area contributed by atoms with Gasteiger partial charge < -0.3 is 4.74 Å². The molecule has 0 amide bonds. The molecular formula is C27H38O. The molecule has 8 rings (SSSR count). The van der Waals surface area contributed by atoms with Crippen LogP contribution in [0.3, 0.4) is 0 Å². The molecule has 7 saturated carbocycles. The summed E-state index contributed by atoms with van der Waals surface area (Å²) in [6.07, 6.45) is 12.2. The van der Waals surface area contributed by atoms with Crippen LogP contribution in [0, 0.1) is 88.8 Å². The molecule has 0 N–H and O–H groups in total. The summed E-state index contributed by atoms with van der Waals surface area (Å²) in [6.45, 7) is 9.38. The fraction of sp³-hybridized carbons (Fsp3) is 0.926. The minimum Gasteiger partial charge on any atom is -0.372 e. The van der Waals surface area contributed by atoms with Gasteiger partial charge in [-0.25, -0.2) is 0 Å². The van der Waals surface area contributed by atoms with Gasteiger partial charge in [-0.1, -0.05) is 19.1 Å². The lowest BCUT2D eigenvalue weighted by atomic mass is 9.54. The Morgan fingerprint density at radius 3 is 1.64 bits per heavy atom. The van der Waals surface area contributed by atoms with Crippen molar-refractivity contribution in [1.29, 1.82) is 0 Å². The van der Waals surface area contributed by atoms with E-state index in [1.807, 2.05) is 0 Å². The number of fused-ring (bicyclic) bond motifs is 23. The largest absolute Gasteiger partial charge is 0.372 e. The summed E-state index contributed by atoms with van der Waals surface area (Å²) in [6, 6.07) is 0. The quantitative estimate of drug-likeness (QED) is 0.423. The molecule has 0 aromatic heterocycles. The van der Waals surface area contributed by atoms with Gasteiger partial charge in [0.05, 0.1) is 11.7 Å². The minimum atomic E-state index is 0.0219. The standard InChI is InChI=1S/C27H38O/c1-11-14-8-19(26(11)28-27(2,3)4)25-18-10-17(22(14)25)23-15-9-16(24(18)23)21-13-6-5-12(7-13)20(15)21/h5-6,11-26H,7-10H2,1-4H3. The van der Waals surface area contributed by atoms with Crippen LogP contribution >= 0.6 is 0 Å². The molecule has 0 radical (unpaired) electrons. The number of hydrogen-bond donors (Lipinski definition) is 0. The molecule has 16 atom stereocenters. The van der Waals surface area contributed by atoms with E-state index in [1.54, 1.807) is 12.8 Å². The van der Waals surface area contributed by atoms with Crippen LogP contribution in [0.15, 0.2) is 12.2 Å². The zero-order chi connectivity index (χ0) is 18.7. The second kappa shape index (κ2) is 4.79. The molecule has 8 aliphatic rings. The zero-order valence-corrected chi connectivity index (χ0v) is 18.1. The van der Waals surface area contributed by atoms with Gasteiger partial charge in [0.25, 0.3) is 0 Å². The van der Waals surface area contributed by atoms with Crippen molar-refractivity contribution < 1.29 is 4.74 Å². The number of allylic oxidation sites excluding steroid dienone is 2. The van der Waals surface area contributed by atoms with Crippen LogP contribution in [0.25, 0.3) is 0 Å². The Balaban J connectivity index is 1.15. The Morgan fingerprint density at radius 2 is 1.07 bits per heavy atom. The van der Waals surface area contributed by atoms with Gasteiger partial charge >= 0.3 is 0 Å². The Labute approximate surface area is 171 Å². The third-order valence-corrected chi connectivity index (χ3v) is 12.2. The highest BCUT2D eigenvalue weighted by molar-refractivity contribution is 5.27. The SMILES string of the molecule is CC1C2CC(C1OC(C)(C)C)C1C3CC(C21)C1C2CC(C4C5C=CC(C5)C24)C31. The molecule has 8 aliphatic carbocycles. The predicted octanol–water partition coefficient (Wildman–Crippen LogP) is 5.66. The molecule has 0 heterocycles. The molecule has 0 spiro atoms. The van der Waals surface area contributed by atoms with Gasteiger partial charge in [0.15, 0.2) is 0 Å². The maximum atomic E-state index is 6.73. The first-order chi connectivity index (χ1) is 13.4. The van der Waals surface area contributed by atoms with Crippen LogP contribution in [0.5, 0.6) is 0 Å². The monoisotopic (exact) mass is 378 g/mol.